The molecule has 1 N–H and O–H groups in total. The molecule has 18 heavy (non-hydrogen) atoms. The molecule has 0 saturated carbocycles. The van der Waals surface area contributed by atoms with Crippen LogP contribution in [0.15, 0.2) is 48.2 Å². The van der Waals surface area contributed by atoms with Crippen molar-refractivity contribution in [2.45, 2.75) is 6.54 Å². The van der Waals surface area contributed by atoms with Crippen molar-refractivity contribution in [3.8, 4) is 10.7 Å². The summed E-state index contributed by atoms with van der Waals surface area (Å²) in [6.07, 6.45) is 5.30. The molecule has 0 fully saturated rings. The molecule has 0 unspecified atom stereocenters. The first kappa shape index (κ1) is 11.0. The van der Waals surface area contributed by atoms with Gasteiger partial charge in [-0.05, 0) is 23.6 Å². The number of carbonyl (C=O) groups excluding carboxylic acids is 1. The zero-order chi connectivity index (χ0) is 12.4. The minimum Gasteiger partial charge on any atom is -0.359 e. The molecule has 3 aromatic heterocycles. The molecule has 0 aromatic carbocycles. The van der Waals surface area contributed by atoms with Gasteiger partial charge in [0.15, 0.2) is 5.78 Å². The number of imidazole rings is 1. The fraction of sp³-hybridized carbons (Fsp3) is 0.0769. The lowest BCUT2D eigenvalue weighted by Crippen LogP contribution is -2.10. The predicted octanol–water partition coefficient (Wildman–Crippen LogP) is 2.82. The van der Waals surface area contributed by atoms with Crippen molar-refractivity contribution in [1.29, 1.82) is 0 Å². The molecule has 0 amide bonds. The van der Waals surface area contributed by atoms with E-state index in [1.807, 2.05) is 34.3 Å². The van der Waals surface area contributed by atoms with Gasteiger partial charge in [-0.1, -0.05) is 6.07 Å². The average molecular weight is 257 g/mol. The molecule has 3 rings (SSSR count). The molecule has 0 bridgehead atoms. The highest BCUT2D eigenvalue weighted by molar-refractivity contribution is 7.13. The Balaban J connectivity index is 1.86. The maximum atomic E-state index is 12.0. The van der Waals surface area contributed by atoms with Crippen LogP contribution in [0, 0.1) is 0 Å². The van der Waals surface area contributed by atoms with E-state index in [-0.39, 0.29) is 5.78 Å². The highest BCUT2D eigenvalue weighted by Crippen LogP contribution is 2.22. The summed E-state index contributed by atoms with van der Waals surface area (Å²) in [6.45, 7) is 0.299. The first-order valence-electron chi connectivity index (χ1n) is 5.56. The number of H-pyrrole nitrogens is 1. The van der Waals surface area contributed by atoms with Crippen molar-refractivity contribution in [2.75, 3.05) is 0 Å². The molecule has 90 valence electrons. The van der Waals surface area contributed by atoms with E-state index < -0.39 is 0 Å². The van der Waals surface area contributed by atoms with E-state index in [1.54, 1.807) is 29.8 Å². The smallest absolute Gasteiger partial charge is 0.198 e. The molecule has 5 heteroatoms. The van der Waals surface area contributed by atoms with Gasteiger partial charge in [0.25, 0.3) is 0 Å². The van der Waals surface area contributed by atoms with Gasteiger partial charge in [0, 0.05) is 18.6 Å². The van der Waals surface area contributed by atoms with Crippen LogP contribution in [-0.2, 0) is 6.54 Å². The number of aromatic nitrogens is 3. The number of thiophene rings is 1. The van der Waals surface area contributed by atoms with Crippen LogP contribution in [0.25, 0.3) is 10.7 Å². The quantitative estimate of drug-likeness (QED) is 0.731. The highest BCUT2D eigenvalue weighted by atomic mass is 32.1. The van der Waals surface area contributed by atoms with Crippen LogP contribution >= 0.6 is 11.3 Å². The van der Waals surface area contributed by atoms with Crippen LogP contribution < -0.4 is 0 Å². The minimum absolute atomic E-state index is 0.0517. The van der Waals surface area contributed by atoms with Crippen molar-refractivity contribution in [3.63, 3.8) is 0 Å². The standard InChI is InChI=1S/C13H11N3OS/c17-11(10-3-1-5-14-10)9-16-7-6-15-13(16)12-4-2-8-18-12/h1-8,14H,9H2. The van der Waals surface area contributed by atoms with E-state index in [9.17, 15) is 4.79 Å². The fourth-order valence-corrected chi connectivity index (χ4v) is 2.55. The summed E-state index contributed by atoms with van der Waals surface area (Å²) in [5.74, 6) is 0.890. The van der Waals surface area contributed by atoms with E-state index in [0.29, 0.717) is 12.2 Å². The van der Waals surface area contributed by atoms with E-state index in [4.69, 9.17) is 0 Å². The Kier molecular flexibility index (Phi) is 2.82. The zero-order valence-electron chi connectivity index (χ0n) is 9.54. The van der Waals surface area contributed by atoms with Crippen molar-refractivity contribution in [3.05, 3.63) is 53.9 Å². The number of Topliss-reactive ketones (excluding diaryl/α,β-unsaturated/α-hetero) is 1. The summed E-state index contributed by atoms with van der Waals surface area (Å²) < 4.78 is 1.87. The largest absolute Gasteiger partial charge is 0.359 e. The maximum Gasteiger partial charge on any atom is 0.198 e. The van der Waals surface area contributed by atoms with E-state index in [1.165, 1.54) is 0 Å². The van der Waals surface area contributed by atoms with Crippen LogP contribution in [0.1, 0.15) is 10.5 Å². The molecular formula is C13H11N3OS. The number of aromatic amines is 1. The summed E-state index contributed by atoms with van der Waals surface area (Å²) in [6, 6.07) is 7.58. The summed E-state index contributed by atoms with van der Waals surface area (Å²) >= 11 is 1.62. The molecule has 0 atom stereocenters. The molecule has 4 nitrogen and oxygen atoms in total. The Morgan fingerprint density at radius 1 is 1.39 bits per heavy atom. The van der Waals surface area contributed by atoms with Gasteiger partial charge in [-0.2, -0.15) is 0 Å². The van der Waals surface area contributed by atoms with Crippen LogP contribution in [-0.4, -0.2) is 20.3 Å². The van der Waals surface area contributed by atoms with Crippen LogP contribution in [0.3, 0.4) is 0 Å². The molecule has 3 aromatic rings. The number of rotatable bonds is 4. The molecule has 0 radical (unpaired) electrons. The van der Waals surface area contributed by atoms with Gasteiger partial charge in [-0.15, -0.1) is 11.3 Å². The molecular weight excluding hydrogens is 246 g/mol. The lowest BCUT2D eigenvalue weighted by Gasteiger charge is -2.04. The lowest BCUT2D eigenvalue weighted by atomic mass is 10.3. The molecule has 0 spiro atoms. The molecule has 0 saturated heterocycles. The number of ketones is 1. The van der Waals surface area contributed by atoms with E-state index in [0.717, 1.165) is 10.7 Å². The Hall–Kier alpha value is -2.14. The van der Waals surface area contributed by atoms with Crippen molar-refractivity contribution < 1.29 is 4.79 Å². The normalized spacial score (nSPS) is 10.7. The summed E-state index contributed by atoms with van der Waals surface area (Å²) in [5.41, 5.74) is 0.626. The Morgan fingerprint density at radius 3 is 3.06 bits per heavy atom. The number of nitrogens with zero attached hydrogens (tertiary/aromatic N) is 2. The van der Waals surface area contributed by atoms with Gasteiger partial charge in [-0.25, -0.2) is 4.98 Å². The van der Waals surface area contributed by atoms with Gasteiger partial charge in [0.05, 0.1) is 17.1 Å². The van der Waals surface area contributed by atoms with Crippen LogP contribution in [0.2, 0.25) is 0 Å². The molecule has 3 heterocycles. The Morgan fingerprint density at radius 2 is 2.33 bits per heavy atom. The van der Waals surface area contributed by atoms with E-state index >= 15 is 0 Å². The van der Waals surface area contributed by atoms with E-state index in [2.05, 4.69) is 9.97 Å². The Labute approximate surface area is 108 Å². The van der Waals surface area contributed by atoms with Crippen molar-refractivity contribution in [1.82, 2.24) is 14.5 Å². The maximum absolute atomic E-state index is 12.0. The third kappa shape index (κ3) is 2.00. The summed E-state index contributed by atoms with van der Waals surface area (Å²) in [4.78, 5) is 20.3. The van der Waals surface area contributed by atoms with Crippen molar-refractivity contribution >= 4 is 17.1 Å². The highest BCUT2D eigenvalue weighted by Gasteiger charge is 2.12. The number of nitrogens with one attached hydrogen (secondary N) is 1. The number of carbonyl (C=O) groups is 1. The predicted molar refractivity (Wildman–Crippen MR) is 70.7 cm³/mol. The second-order valence-electron chi connectivity index (χ2n) is 3.86. The third-order valence-corrected chi connectivity index (χ3v) is 3.54. The lowest BCUT2D eigenvalue weighted by molar-refractivity contribution is 0.0968. The van der Waals surface area contributed by atoms with Gasteiger partial charge >= 0.3 is 0 Å². The zero-order valence-corrected chi connectivity index (χ0v) is 10.4. The van der Waals surface area contributed by atoms with Gasteiger partial charge in [0.2, 0.25) is 0 Å². The fourth-order valence-electron chi connectivity index (χ4n) is 1.81. The minimum atomic E-state index is 0.0517. The monoisotopic (exact) mass is 257 g/mol. The summed E-state index contributed by atoms with van der Waals surface area (Å²) in [5, 5.41) is 2.00. The van der Waals surface area contributed by atoms with Crippen molar-refractivity contribution in [2.24, 2.45) is 0 Å². The number of hydrogen-bond donors (Lipinski definition) is 1. The summed E-state index contributed by atoms with van der Waals surface area (Å²) in [7, 11) is 0. The van der Waals surface area contributed by atoms with Gasteiger partial charge < -0.3 is 9.55 Å². The first-order chi connectivity index (χ1) is 8.84. The number of hydrogen-bond acceptors (Lipinski definition) is 3. The first-order valence-corrected chi connectivity index (χ1v) is 6.44. The average Bonchev–Trinajstić information content (AvgIpc) is 3.11. The topological polar surface area (TPSA) is 50.7 Å². The van der Waals surface area contributed by atoms with Gasteiger partial charge in [0.1, 0.15) is 5.82 Å². The molecule has 0 aliphatic heterocycles. The van der Waals surface area contributed by atoms with Gasteiger partial charge in [-0.3, -0.25) is 4.79 Å². The Bertz CT molecular complexity index is 638. The molecule has 0 aliphatic rings. The molecule has 0 aliphatic carbocycles. The second kappa shape index (κ2) is 4.62. The SMILES string of the molecule is O=C(Cn1ccnc1-c1cccs1)c1ccc[nH]1. The van der Waals surface area contributed by atoms with Crippen LogP contribution in [0.5, 0.6) is 0 Å². The van der Waals surface area contributed by atoms with Crippen LogP contribution in [0.4, 0.5) is 0 Å². The second-order valence-corrected chi connectivity index (χ2v) is 4.81. The third-order valence-electron chi connectivity index (χ3n) is 2.67.